The standard InChI is InChI=1S/C23H17F2NO/c24-17-11-12-20-18(14-17)22(16-7-2-1-3-8-16)23(26-20)21(27)13-10-15-6-4-5-9-19(15)25/h1-9,11-12,14,26H,10,13H2. The van der Waals surface area contributed by atoms with E-state index in [1.54, 1.807) is 24.3 Å². The van der Waals surface area contributed by atoms with Crippen LogP contribution in [0.1, 0.15) is 22.5 Å². The molecule has 0 amide bonds. The van der Waals surface area contributed by atoms with Crippen LogP contribution in [-0.2, 0) is 6.42 Å². The number of ketones is 1. The Balaban J connectivity index is 1.74. The Kier molecular flexibility index (Phi) is 4.55. The smallest absolute Gasteiger partial charge is 0.180 e. The molecular weight excluding hydrogens is 344 g/mol. The first-order valence-electron chi connectivity index (χ1n) is 8.77. The van der Waals surface area contributed by atoms with E-state index in [9.17, 15) is 13.6 Å². The van der Waals surface area contributed by atoms with Gasteiger partial charge in [0, 0.05) is 22.9 Å². The summed E-state index contributed by atoms with van der Waals surface area (Å²) in [5.74, 6) is -0.801. The first kappa shape index (κ1) is 17.2. The van der Waals surface area contributed by atoms with Crippen LogP contribution < -0.4 is 0 Å². The van der Waals surface area contributed by atoms with Crippen molar-refractivity contribution in [3.63, 3.8) is 0 Å². The second-order valence-electron chi connectivity index (χ2n) is 6.45. The van der Waals surface area contributed by atoms with Gasteiger partial charge in [0.1, 0.15) is 11.6 Å². The molecule has 4 aromatic rings. The number of rotatable bonds is 5. The summed E-state index contributed by atoms with van der Waals surface area (Å²) in [5, 5.41) is 0.662. The maximum atomic E-state index is 13.8. The zero-order valence-electron chi connectivity index (χ0n) is 14.5. The van der Waals surface area contributed by atoms with Crippen LogP contribution in [0.4, 0.5) is 8.78 Å². The summed E-state index contributed by atoms with van der Waals surface area (Å²) < 4.78 is 27.7. The highest BCUT2D eigenvalue weighted by molar-refractivity contribution is 6.10. The lowest BCUT2D eigenvalue weighted by Gasteiger charge is -2.06. The monoisotopic (exact) mass is 361 g/mol. The number of Topliss-reactive ketones (excluding diaryl/α,β-unsaturated/α-hetero) is 1. The molecule has 1 N–H and O–H groups in total. The summed E-state index contributed by atoms with van der Waals surface area (Å²) in [4.78, 5) is 16.1. The largest absolute Gasteiger partial charge is 0.352 e. The molecule has 4 rings (SSSR count). The quantitative estimate of drug-likeness (QED) is 0.439. The molecule has 0 atom stereocenters. The van der Waals surface area contributed by atoms with Crippen molar-refractivity contribution in [2.45, 2.75) is 12.8 Å². The van der Waals surface area contributed by atoms with Gasteiger partial charge in [-0.15, -0.1) is 0 Å². The molecule has 0 saturated carbocycles. The fourth-order valence-electron chi connectivity index (χ4n) is 3.35. The van der Waals surface area contributed by atoms with E-state index in [0.29, 0.717) is 34.1 Å². The molecule has 1 aromatic heterocycles. The molecule has 0 unspecified atom stereocenters. The van der Waals surface area contributed by atoms with E-state index in [2.05, 4.69) is 4.98 Å². The maximum Gasteiger partial charge on any atom is 0.180 e. The fraction of sp³-hybridized carbons (Fsp3) is 0.0870. The molecule has 0 spiro atoms. The number of nitrogens with one attached hydrogen (secondary N) is 1. The molecule has 0 aliphatic carbocycles. The van der Waals surface area contributed by atoms with Crippen LogP contribution in [0.5, 0.6) is 0 Å². The number of hydrogen-bond acceptors (Lipinski definition) is 1. The Morgan fingerprint density at radius 3 is 2.41 bits per heavy atom. The first-order chi connectivity index (χ1) is 13.1. The Hall–Kier alpha value is -3.27. The Morgan fingerprint density at radius 1 is 0.889 bits per heavy atom. The number of benzene rings is 3. The lowest BCUT2D eigenvalue weighted by Crippen LogP contribution is -2.04. The second kappa shape index (κ2) is 7.16. The highest BCUT2D eigenvalue weighted by Gasteiger charge is 2.19. The molecule has 0 bridgehead atoms. The fourth-order valence-corrected chi connectivity index (χ4v) is 3.35. The normalized spacial score (nSPS) is 11.0. The summed E-state index contributed by atoms with van der Waals surface area (Å²) in [6.07, 6.45) is 0.472. The van der Waals surface area contributed by atoms with Crippen molar-refractivity contribution in [3.05, 3.63) is 95.7 Å². The van der Waals surface area contributed by atoms with Crippen molar-refractivity contribution in [1.82, 2.24) is 4.98 Å². The molecule has 3 aromatic carbocycles. The van der Waals surface area contributed by atoms with Crippen molar-refractivity contribution >= 4 is 16.7 Å². The number of aromatic nitrogens is 1. The molecule has 0 aliphatic heterocycles. The third kappa shape index (κ3) is 3.38. The third-order valence-electron chi connectivity index (χ3n) is 4.68. The molecule has 0 saturated heterocycles. The molecule has 0 radical (unpaired) electrons. The zero-order valence-corrected chi connectivity index (χ0v) is 14.5. The Labute approximate surface area is 155 Å². The summed E-state index contributed by atoms with van der Waals surface area (Å²) in [5.41, 5.74) is 3.16. The van der Waals surface area contributed by atoms with Gasteiger partial charge in [0.25, 0.3) is 0 Å². The minimum atomic E-state index is -0.357. The number of fused-ring (bicyclic) bond motifs is 1. The number of aromatic amines is 1. The van der Waals surface area contributed by atoms with Crippen LogP contribution in [0, 0.1) is 11.6 Å². The Bertz CT molecular complexity index is 1120. The minimum Gasteiger partial charge on any atom is -0.352 e. The third-order valence-corrected chi connectivity index (χ3v) is 4.68. The number of H-pyrrole nitrogens is 1. The van der Waals surface area contributed by atoms with Gasteiger partial charge in [0.15, 0.2) is 5.78 Å². The van der Waals surface area contributed by atoms with Crippen molar-refractivity contribution in [3.8, 4) is 11.1 Å². The molecular formula is C23H17F2NO. The summed E-state index contributed by atoms with van der Waals surface area (Å²) in [6.45, 7) is 0. The van der Waals surface area contributed by atoms with E-state index in [4.69, 9.17) is 0 Å². The number of halogens is 2. The van der Waals surface area contributed by atoms with Crippen molar-refractivity contribution in [2.75, 3.05) is 0 Å². The number of aryl methyl sites for hydroxylation is 1. The molecule has 2 nitrogen and oxygen atoms in total. The molecule has 1 heterocycles. The van der Waals surface area contributed by atoms with Gasteiger partial charge in [-0.2, -0.15) is 0 Å². The summed E-state index contributed by atoms with van der Waals surface area (Å²) >= 11 is 0. The highest BCUT2D eigenvalue weighted by Crippen LogP contribution is 2.33. The molecule has 27 heavy (non-hydrogen) atoms. The van der Waals surface area contributed by atoms with Gasteiger partial charge in [0.05, 0.1) is 5.69 Å². The van der Waals surface area contributed by atoms with E-state index in [-0.39, 0.29) is 23.8 Å². The minimum absolute atomic E-state index is 0.131. The Morgan fingerprint density at radius 2 is 1.63 bits per heavy atom. The van der Waals surface area contributed by atoms with Crippen molar-refractivity contribution in [2.24, 2.45) is 0 Å². The topological polar surface area (TPSA) is 32.9 Å². The predicted octanol–water partition coefficient (Wildman–Crippen LogP) is 5.93. The van der Waals surface area contributed by atoms with Gasteiger partial charge >= 0.3 is 0 Å². The van der Waals surface area contributed by atoms with Gasteiger partial charge in [-0.3, -0.25) is 4.79 Å². The van der Waals surface area contributed by atoms with Crippen LogP contribution in [0.15, 0.2) is 72.8 Å². The summed E-state index contributed by atoms with van der Waals surface area (Å²) in [6, 6.07) is 20.3. The number of carbonyl (C=O) groups excluding carboxylic acids is 1. The van der Waals surface area contributed by atoms with Crippen molar-refractivity contribution in [1.29, 1.82) is 0 Å². The van der Waals surface area contributed by atoms with E-state index in [0.717, 1.165) is 5.56 Å². The lowest BCUT2D eigenvalue weighted by atomic mass is 9.98. The van der Waals surface area contributed by atoms with E-state index < -0.39 is 0 Å². The molecule has 4 heteroatoms. The highest BCUT2D eigenvalue weighted by atomic mass is 19.1. The zero-order chi connectivity index (χ0) is 18.8. The molecule has 0 aliphatic rings. The van der Waals surface area contributed by atoms with Gasteiger partial charge in [-0.25, -0.2) is 8.78 Å². The molecule has 134 valence electrons. The predicted molar refractivity (Wildman–Crippen MR) is 103 cm³/mol. The van der Waals surface area contributed by atoms with E-state index in [1.165, 1.54) is 18.2 Å². The van der Waals surface area contributed by atoms with Gasteiger partial charge in [-0.05, 0) is 41.8 Å². The average molecular weight is 361 g/mol. The second-order valence-corrected chi connectivity index (χ2v) is 6.45. The van der Waals surface area contributed by atoms with Crippen LogP contribution in [-0.4, -0.2) is 10.8 Å². The SMILES string of the molecule is O=C(CCc1ccccc1F)c1[nH]c2ccc(F)cc2c1-c1ccccc1. The van der Waals surface area contributed by atoms with Crippen LogP contribution in [0.2, 0.25) is 0 Å². The number of hydrogen-bond donors (Lipinski definition) is 1. The molecule has 0 fully saturated rings. The summed E-state index contributed by atoms with van der Waals surface area (Å²) in [7, 11) is 0. The maximum absolute atomic E-state index is 13.8. The van der Waals surface area contributed by atoms with Gasteiger partial charge in [-0.1, -0.05) is 48.5 Å². The van der Waals surface area contributed by atoms with Crippen molar-refractivity contribution < 1.29 is 13.6 Å². The van der Waals surface area contributed by atoms with E-state index >= 15 is 0 Å². The van der Waals surface area contributed by atoms with E-state index in [1.807, 2.05) is 30.3 Å². The van der Waals surface area contributed by atoms with Crippen LogP contribution in [0.25, 0.3) is 22.0 Å². The number of carbonyl (C=O) groups is 1. The van der Waals surface area contributed by atoms with Gasteiger partial charge in [0.2, 0.25) is 0 Å². The van der Waals surface area contributed by atoms with Crippen LogP contribution >= 0.6 is 0 Å². The lowest BCUT2D eigenvalue weighted by molar-refractivity contribution is 0.0979. The first-order valence-corrected chi connectivity index (χ1v) is 8.77. The van der Waals surface area contributed by atoms with Gasteiger partial charge < -0.3 is 4.98 Å². The average Bonchev–Trinajstić information content (AvgIpc) is 3.06. The van der Waals surface area contributed by atoms with Crippen LogP contribution in [0.3, 0.4) is 0 Å².